The highest BCUT2D eigenvalue weighted by Gasteiger charge is 2.13. The number of rotatable bonds is 12. The summed E-state index contributed by atoms with van der Waals surface area (Å²) >= 11 is 0. The lowest BCUT2D eigenvalue weighted by Crippen LogP contribution is -2.26. The van der Waals surface area contributed by atoms with E-state index in [4.69, 9.17) is 14.2 Å². The Hall–Kier alpha value is -3.54. The molecule has 0 aliphatic carbocycles. The maximum atomic E-state index is 12.4. The monoisotopic (exact) mass is 448 g/mol. The van der Waals surface area contributed by atoms with Crippen LogP contribution >= 0.6 is 0 Å². The maximum Gasteiger partial charge on any atom is 0.220 e. The third-order valence-electron chi connectivity index (χ3n) is 5.27. The van der Waals surface area contributed by atoms with Gasteiger partial charge in [-0.15, -0.1) is 0 Å². The van der Waals surface area contributed by atoms with Gasteiger partial charge in [0.15, 0.2) is 11.5 Å². The summed E-state index contributed by atoms with van der Waals surface area (Å²) in [5.41, 5.74) is 3.16. The molecule has 1 unspecified atom stereocenters. The molecule has 174 valence electrons. The fraction of sp³-hybridized carbons (Fsp3) is 0.333. The Labute approximate surface area is 195 Å². The van der Waals surface area contributed by atoms with Gasteiger partial charge in [0.25, 0.3) is 0 Å². The molecular weight excluding hydrogens is 416 g/mol. The van der Waals surface area contributed by atoms with Crippen LogP contribution < -0.4 is 19.5 Å². The minimum absolute atomic E-state index is 0.0232. The number of nitrogens with zero attached hydrogens (tertiary/aromatic N) is 1. The molecule has 0 radical (unpaired) electrons. The number of benzene rings is 2. The first kappa shape index (κ1) is 24.1. The Morgan fingerprint density at radius 1 is 1.00 bits per heavy atom. The number of amides is 1. The zero-order chi connectivity index (χ0) is 23.5. The Bertz CT molecular complexity index is 1020. The summed E-state index contributed by atoms with van der Waals surface area (Å²) in [6.45, 7) is 5.03. The molecule has 0 saturated carbocycles. The highest BCUT2D eigenvalue weighted by Crippen LogP contribution is 2.31. The molecule has 2 aromatic carbocycles. The zero-order valence-electron chi connectivity index (χ0n) is 19.5. The first-order valence-corrected chi connectivity index (χ1v) is 11.2. The fourth-order valence-corrected chi connectivity index (χ4v) is 3.39. The van der Waals surface area contributed by atoms with Gasteiger partial charge in [-0.05, 0) is 79.8 Å². The second-order valence-corrected chi connectivity index (χ2v) is 7.97. The largest absolute Gasteiger partial charge is 0.494 e. The van der Waals surface area contributed by atoms with E-state index in [1.165, 1.54) is 5.56 Å². The number of unbranched alkanes of at least 4 members (excludes halogenated alkanes) is 1. The molecule has 1 atom stereocenters. The Morgan fingerprint density at radius 2 is 1.82 bits per heavy atom. The van der Waals surface area contributed by atoms with Gasteiger partial charge in [-0.2, -0.15) is 0 Å². The van der Waals surface area contributed by atoms with Crippen LogP contribution in [-0.4, -0.2) is 24.6 Å². The fourth-order valence-electron chi connectivity index (χ4n) is 3.39. The van der Waals surface area contributed by atoms with Crippen LogP contribution in [0.15, 0.2) is 67.0 Å². The smallest absolute Gasteiger partial charge is 0.220 e. The normalized spacial score (nSPS) is 11.5. The first-order chi connectivity index (χ1) is 16.0. The Balaban J connectivity index is 1.42. The van der Waals surface area contributed by atoms with Gasteiger partial charge in [0.05, 0.1) is 19.8 Å². The van der Waals surface area contributed by atoms with Crippen molar-refractivity contribution in [2.45, 2.75) is 45.8 Å². The van der Waals surface area contributed by atoms with E-state index in [9.17, 15) is 4.79 Å². The van der Waals surface area contributed by atoms with Crippen molar-refractivity contribution in [2.75, 3.05) is 13.7 Å². The summed E-state index contributed by atoms with van der Waals surface area (Å²) in [5, 5.41) is 3.06. The van der Waals surface area contributed by atoms with Crippen LogP contribution in [0.5, 0.6) is 17.2 Å². The number of carbonyl (C=O) groups is 1. The molecule has 0 aliphatic heterocycles. The van der Waals surface area contributed by atoms with Crippen molar-refractivity contribution in [3.63, 3.8) is 0 Å². The van der Waals surface area contributed by atoms with Crippen molar-refractivity contribution in [3.8, 4) is 17.2 Å². The predicted molar refractivity (Wildman–Crippen MR) is 129 cm³/mol. The van der Waals surface area contributed by atoms with Gasteiger partial charge in [-0.3, -0.25) is 9.78 Å². The number of ether oxygens (including phenoxy) is 3. The summed E-state index contributed by atoms with van der Waals surface area (Å²) < 4.78 is 17.1. The molecule has 1 heterocycles. The van der Waals surface area contributed by atoms with Crippen molar-refractivity contribution in [1.82, 2.24) is 10.3 Å². The zero-order valence-corrected chi connectivity index (χ0v) is 19.5. The Morgan fingerprint density at radius 3 is 2.58 bits per heavy atom. The molecule has 6 heteroatoms. The molecule has 3 rings (SSSR count). The van der Waals surface area contributed by atoms with Gasteiger partial charge < -0.3 is 19.5 Å². The van der Waals surface area contributed by atoms with E-state index < -0.39 is 0 Å². The second kappa shape index (κ2) is 12.5. The van der Waals surface area contributed by atoms with Crippen molar-refractivity contribution >= 4 is 5.91 Å². The highest BCUT2D eigenvalue weighted by molar-refractivity contribution is 5.76. The van der Waals surface area contributed by atoms with E-state index in [1.807, 2.05) is 68.4 Å². The SMILES string of the molecule is COc1cc(C(C)NC(=O)CCCCOc2cccc(C)c2)ccc1OCc1ccncc1. The van der Waals surface area contributed by atoms with Crippen molar-refractivity contribution in [2.24, 2.45) is 0 Å². The van der Waals surface area contributed by atoms with Gasteiger partial charge >= 0.3 is 0 Å². The van der Waals surface area contributed by atoms with Gasteiger partial charge in [0.1, 0.15) is 12.4 Å². The topological polar surface area (TPSA) is 69.7 Å². The van der Waals surface area contributed by atoms with Crippen molar-refractivity contribution < 1.29 is 19.0 Å². The molecule has 0 spiro atoms. The average molecular weight is 449 g/mol. The summed E-state index contributed by atoms with van der Waals surface area (Å²) in [6.07, 6.45) is 5.54. The molecule has 1 amide bonds. The summed E-state index contributed by atoms with van der Waals surface area (Å²) in [4.78, 5) is 16.4. The summed E-state index contributed by atoms with van der Waals surface area (Å²) in [7, 11) is 1.61. The van der Waals surface area contributed by atoms with E-state index in [1.54, 1.807) is 19.5 Å². The lowest BCUT2D eigenvalue weighted by atomic mass is 10.1. The molecule has 0 bridgehead atoms. The van der Waals surface area contributed by atoms with Crippen LogP contribution in [0.2, 0.25) is 0 Å². The second-order valence-electron chi connectivity index (χ2n) is 7.97. The van der Waals surface area contributed by atoms with Gasteiger partial charge in [-0.1, -0.05) is 18.2 Å². The van der Waals surface area contributed by atoms with Crippen LogP contribution in [0.4, 0.5) is 0 Å². The van der Waals surface area contributed by atoms with E-state index in [0.29, 0.717) is 31.1 Å². The quantitative estimate of drug-likeness (QED) is 0.376. The minimum atomic E-state index is -0.135. The molecule has 0 fully saturated rings. The Kier molecular flexibility index (Phi) is 9.12. The number of hydrogen-bond acceptors (Lipinski definition) is 5. The molecule has 0 aliphatic rings. The van der Waals surface area contributed by atoms with Gasteiger partial charge in [0.2, 0.25) is 5.91 Å². The van der Waals surface area contributed by atoms with Crippen LogP contribution in [0.25, 0.3) is 0 Å². The molecule has 3 aromatic rings. The number of carbonyl (C=O) groups excluding carboxylic acids is 1. The number of methoxy groups -OCH3 is 1. The lowest BCUT2D eigenvalue weighted by molar-refractivity contribution is -0.121. The van der Waals surface area contributed by atoms with Crippen LogP contribution in [0.1, 0.15) is 48.9 Å². The molecular formula is C27H32N2O4. The van der Waals surface area contributed by atoms with Gasteiger partial charge in [0, 0.05) is 18.8 Å². The molecule has 0 saturated heterocycles. The molecule has 1 aromatic heterocycles. The number of pyridine rings is 1. The van der Waals surface area contributed by atoms with E-state index in [0.717, 1.165) is 29.7 Å². The molecule has 1 N–H and O–H groups in total. The third-order valence-corrected chi connectivity index (χ3v) is 5.27. The van der Waals surface area contributed by atoms with E-state index in [2.05, 4.69) is 10.3 Å². The molecule has 6 nitrogen and oxygen atoms in total. The predicted octanol–water partition coefficient (Wildman–Crippen LogP) is 5.40. The van der Waals surface area contributed by atoms with Crippen molar-refractivity contribution in [1.29, 1.82) is 0 Å². The number of nitrogens with one attached hydrogen (secondary N) is 1. The lowest BCUT2D eigenvalue weighted by Gasteiger charge is -2.17. The maximum absolute atomic E-state index is 12.4. The van der Waals surface area contributed by atoms with E-state index >= 15 is 0 Å². The van der Waals surface area contributed by atoms with Crippen LogP contribution in [0.3, 0.4) is 0 Å². The number of aromatic nitrogens is 1. The van der Waals surface area contributed by atoms with Gasteiger partial charge in [-0.25, -0.2) is 0 Å². The van der Waals surface area contributed by atoms with E-state index in [-0.39, 0.29) is 11.9 Å². The number of hydrogen-bond donors (Lipinski definition) is 1. The minimum Gasteiger partial charge on any atom is -0.494 e. The first-order valence-electron chi connectivity index (χ1n) is 11.2. The standard InChI is InChI=1S/C27H32N2O4/c1-20-7-6-8-24(17-20)32-16-5-4-9-27(30)29-21(2)23-10-11-25(26(18-23)31-3)33-19-22-12-14-28-15-13-22/h6-8,10-15,17-18,21H,4-5,9,16,19H2,1-3H3,(H,29,30). The molecule has 33 heavy (non-hydrogen) atoms. The summed E-state index contributed by atoms with van der Waals surface area (Å²) in [6, 6.07) is 17.4. The highest BCUT2D eigenvalue weighted by atomic mass is 16.5. The van der Waals surface area contributed by atoms with Crippen molar-refractivity contribution in [3.05, 3.63) is 83.7 Å². The summed E-state index contributed by atoms with van der Waals surface area (Å²) in [5.74, 6) is 2.19. The van der Waals surface area contributed by atoms with Crippen LogP contribution in [0, 0.1) is 6.92 Å². The van der Waals surface area contributed by atoms with Crippen LogP contribution in [-0.2, 0) is 11.4 Å². The number of aryl methyl sites for hydroxylation is 1. The average Bonchev–Trinajstić information content (AvgIpc) is 2.83. The third kappa shape index (κ3) is 7.83.